The molecule has 4 nitrogen and oxygen atoms in total. The lowest BCUT2D eigenvalue weighted by molar-refractivity contribution is 0.394. The van der Waals surface area contributed by atoms with Crippen molar-refractivity contribution >= 4 is 32.9 Å². The molecule has 0 aliphatic carbocycles. The Balaban J connectivity index is 2.07. The van der Waals surface area contributed by atoms with Crippen LogP contribution in [0, 0.1) is 0 Å². The molecule has 0 N–H and O–H groups in total. The van der Waals surface area contributed by atoms with Gasteiger partial charge in [-0.1, -0.05) is 24.3 Å². The van der Waals surface area contributed by atoms with Crippen LogP contribution < -0.4 is 14.2 Å². The molecule has 0 saturated heterocycles. The van der Waals surface area contributed by atoms with Gasteiger partial charge in [-0.3, -0.25) is 0 Å². The van der Waals surface area contributed by atoms with Crippen molar-refractivity contribution in [2.75, 3.05) is 21.3 Å². The molecule has 0 unspecified atom stereocenters. The summed E-state index contributed by atoms with van der Waals surface area (Å²) in [6.45, 7) is 1.75. The van der Waals surface area contributed by atoms with Crippen LogP contribution in [-0.4, -0.2) is 27.3 Å². The molecule has 0 amide bonds. The highest BCUT2D eigenvalue weighted by Crippen LogP contribution is 2.48. The van der Waals surface area contributed by atoms with Gasteiger partial charge in [-0.2, -0.15) is 0 Å². The van der Waals surface area contributed by atoms with E-state index in [0.717, 1.165) is 27.1 Å². The number of methoxy groups -OCH3 is 3. The molecule has 0 saturated carbocycles. The third kappa shape index (κ3) is 3.81. The Bertz CT molecular complexity index is 1280. The highest BCUT2D eigenvalue weighted by Gasteiger charge is 2.21. The summed E-state index contributed by atoms with van der Waals surface area (Å²) in [5.41, 5.74) is 4.00. The number of carbonyl (C=O) groups excluding carboxylic acids is 1. The van der Waals surface area contributed by atoms with E-state index in [1.54, 1.807) is 39.6 Å². The average molecular weight is 431 g/mol. The fourth-order valence-corrected chi connectivity index (χ4v) is 4.74. The van der Waals surface area contributed by atoms with Gasteiger partial charge >= 0.3 is 0 Å². The lowest BCUT2D eigenvalue weighted by Crippen LogP contribution is -1.97. The number of benzene rings is 3. The van der Waals surface area contributed by atoms with Crippen molar-refractivity contribution in [3.63, 3.8) is 0 Å². The predicted molar refractivity (Wildman–Crippen MR) is 127 cm³/mol. The molecule has 1 aromatic heterocycles. The highest BCUT2D eigenvalue weighted by molar-refractivity contribution is 7.22. The van der Waals surface area contributed by atoms with E-state index in [4.69, 9.17) is 14.2 Å². The Morgan fingerprint density at radius 2 is 1.61 bits per heavy atom. The van der Waals surface area contributed by atoms with Crippen molar-refractivity contribution in [3.8, 4) is 38.8 Å². The summed E-state index contributed by atoms with van der Waals surface area (Å²) in [4.78, 5) is 12.4. The first-order valence-corrected chi connectivity index (χ1v) is 10.6. The van der Waals surface area contributed by atoms with Crippen molar-refractivity contribution in [3.05, 3.63) is 66.2 Å². The molecular weight excluding hydrogens is 408 g/mol. The van der Waals surface area contributed by atoms with Crippen molar-refractivity contribution in [1.82, 2.24) is 0 Å². The quantitative estimate of drug-likeness (QED) is 0.328. The minimum Gasteiger partial charge on any atom is -0.497 e. The fraction of sp³-hybridized carbons (Fsp3) is 0.154. The molecule has 0 bridgehead atoms. The summed E-state index contributed by atoms with van der Waals surface area (Å²) < 4.78 is 18.2. The van der Waals surface area contributed by atoms with E-state index in [9.17, 15) is 4.79 Å². The minimum absolute atomic E-state index is 0.528. The first-order valence-electron chi connectivity index (χ1n) is 9.75. The second-order valence-electron chi connectivity index (χ2n) is 7.04. The van der Waals surface area contributed by atoms with Crippen LogP contribution in [-0.2, 0) is 4.79 Å². The fourth-order valence-electron chi connectivity index (χ4n) is 3.65. The van der Waals surface area contributed by atoms with E-state index in [0.29, 0.717) is 22.8 Å². The van der Waals surface area contributed by atoms with Crippen LogP contribution in [0.5, 0.6) is 17.2 Å². The first kappa shape index (κ1) is 20.7. The van der Waals surface area contributed by atoms with Crippen LogP contribution in [0.15, 0.2) is 60.7 Å². The van der Waals surface area contributed by atoms with Crippen molar-refractivity contribution in [2.24, 2.45) is 0 Å². The Morgan fingerprint density at radius 3 is 2.29 bits per heavy atom. The number of hydrogen-bond acceptors (Lipinski definition) is 5. The predicted octanol–water partition coefficient (Wildman–Crippen LogP) is 6.50. The summed E-state index contributed by atoms with van der Waals surface area (Å²) in [6, 6.07) is 20.0. The van der Waals surface area contributed by atoms with E-state index < -0.39 is 0 Å². The highest BCUT2D eigenvalue weighted by atomic mass is 32.1. The van der Waals surface area contributed by atoms with Crippen molar-refractivity contribution in [2.45, 2.75) is 6.92 Å². The lowest BCUT2D eigenvalue weighted by atomic mass is 9.93. The molecule has 0 aliphatic heterocycles. The molecule has 5 heteroatoms. The summed E-state index contributed by atoms with van der Waals surface area (Å²) in [7, 11) is 4.92. The number of allylic oxidation sites excluding steroid dienone is 1. The summed E-state index contributed by atoms with van der Waals surface area (Å²) in [5, 5.41) is 1.18. The first-order chi connectivity index (χ1) is 15.1. The molecule has 4 rings (SSSR count). The number of ether oxygens (including phenoxy) is 3. The van der Waals surface area contributed by atoms with Crippen LogP contribution in [0.1, 0.15) is 12.5 Å². The average Bonchev–Trinajstić information content (AvgIpc) is 3.26. The zero-order valence-electron chi connectivity index (χ0n) is 17.8. The normalized spacial score (nSPS) is 10.6. The monoisotopic (exact) mass is 430 g/mol. The van der Waals surface area contributed by atoms with Gasteiger partial charge in [-0.05, 0) is 48.2 Å². The van der Waals surface area contributed by atoms with E-state index in [1.807, 2.05) is 48.4 Å². The SMILES string of the molecule is COc1cc(OC)c(-c2cc(C(C)=C=O)ccc2OC)c(-c2cc3ccccc3s2)c1. The van der Waals surface area contributed by atoms with Gasteiger partial charge in [0.2, 0.25) is 0 Å². The van der Waals surface area contributed by atoms with E-state index in [1.165, 1.54) is 10.1 Å². The Labute approximate surface area is 185 Å². The molecule has 0 atom stereocenters. The van der Waals surface area contributed by atoms with Crippen LogP contribution >= 0.6 is 11.3 Å². The van der Waals surface area contributed by atoms with Gasteiger partial charge in [0.15, 0.2) is 0 Å². The van der Waals surface area contributed by atoms with Gasteiger partial charge in [0.1, 0.15) is 23.2 Å². The molecular formula is C26H22O4S. The number of rotatable bonds is 6. The number of fused-ring (bicyclic) bond motifs is 1. The van der Waals surface area contributed by atoms with Gasteiger partial charge in [0, 0.05) is 37.9 Å². The van der Waals surface area contributed by atoms with Crippen LogP contribution in [0.4, 0.5) is 0 Å². The van der Waals surface area contributed by atoms with Gasteiger partial charge < -0.3 is 14.2 Å². The molecule has 4 aromatic rings. The summed E-state index contributed by atoms with van der Waals surface area (Å²) in [5.74, 6) is 4.04. The topological polar surface area (TPSA) is 44.8 Å². The second-order valence-corrected chi connectivity index (χ2v) is 8.13. The molecule has 0 aliphatic rings. The molecule has 31 heavy (non-hydrogen) atoms. The molecule has 156 valence electrons. The van der Waals surface area contributed by atoms with Gasteiger partial charge in [-0.25, -0.2) is 4.79 Å². The molecule has 0 fully saturated rings. The molecule has 3 aromatic carbocycles. The largest absolute Gasteiger partial charge is 0.497 e. The van der Waals surface area contributed by atoms with Crippen LogP contribution in [0.3, 0.4) is 0 Å². The third-order valence-corrected chi connectivity index (χ3v) is 6.43. The smallest absolute Gasteiger partial charge is 0.131 e. The van der Waals surface area contributed by atoms with E-state index in [2.05, 4.69) is 18.2 Å². The van der Waals surface area contributed by atoms with Crippen LogP contribution in [0.2, 0.25) is 0 Å². The Hall–Kier alpha value is -3.53. The Kier molecular flexibility index (Phi) is 5.81. The van der Waals surface area contributed by atoms with Crippen LogP contribution in [0.25, 0.3) is 37.2 Å². The van der Waals surface area contributed by atoms with E-state index >= 15 is 0 Å². The number of hydrogen-bond donors (Lipinski definition) is 0. The maximum atomic E-state index is 11.3. The summed E-state index contributed by atoms with van der Waals surface area (Å²) >= 11 is 1.71. The molecule has 1 heterocycles. The molecule has 0 spiro atoms. The maximum Gasteiger partial charge on any atom is 0.131 e. The Morgan fingerprint density at radius 1 is 0.839 bits per heavy atom. The number of thiophene rings is 1. The molecule has 0 radical (unpaired) electrons. The van der Waals surface area contributed by atoms with E-state index in [-0.39, 0.29) is 0 Å². The van der Waals surface area contributed by atoms with Gasteiger partial charge in [0.05, 0.1) is 21.3 Å². The standard InChI is InChI=1S/C26H22O4S/c1-16(15-27)17-9-10-22(29-3)20(11-17)26-21(13-19(28-2)14-23(26)30-4)25-12-18-7-5-6-8-24(18)31-25/h5-14H,1-4H3. The van der Waals surface area contributed by atoms with Crippen molar-refractivity contribution in [1.29, 1.82) is 0 Å². The zero-order chi connectivity index (χ0) is 22.0. The lowest BCUT2D eigenvalue weighted by Gasteiger charge is -2.18. The third-order valence-electron chi connectivity index (χ3n) is 5.28. The zero-order valence-corrected chi connectivity index (χ0v) is 18.6. The van der Waals surface area contributed by atoms with Gasteiger partial charge in [0.25, 0.3) is 0 Å². The minimum atomic E-state index is 0.528. The van der Waals surface area contributed by atoms with Gasteiger partial charge in [-0.15, -0.1) is 11.3 Å². The summed E-state index contributed by atoms with van der Waals surface area (Å²) in [6.07, 6.45) is 0. The second kappa shape index (κ2) is 8.68. The maximum absolute atomic E-state index is 11.3. The van der Waals surface area contributed by atoms with Crippen molar-refractivity contribution < 1.29 is 19.0 Å².